The van der Waals surface area contributed by atoms with Gasteiger partial charge in [0, 0.05) is 28.7 Å². The molecule has 0 unspecified atom stereocenters. The van der Waals surface area contributed by atoms with Gasteiger partial charge >= 0.3 is 0 Å². The number of rotatable bonds is 3. The van der Waals surface area contributed by atoms with Crippen LogP contribution < -0.4 is 0 Å². The first-order valence-corrected chi connectivity index (χ1v) is 8.02. The SMILES string of the molecule is Clc1cccc(-c2ccc3c(ccn3CC3CCC3)c2)c1. The van der Waals surface area contributed by atoms with E-state index < -0.39 is 0 Å². The zero-order valence-electron chi connectivity index (χ0n) is 11.9. The molecule has 1 fully saturated rings. The first kappa shape index (κ1) is 13.0. The Morgan fingerprint density at radius 1 is 1.00 bits per heavy atom. The van der Waals surface area contributed by atoms with Gasteiger partial charge in [-0.05, 0) is 60.2 Å². The number of halogens is 1. The van der Waals surface area contributed by atoms with Gasteiger partial charge in [0.25, 0.3) is 0 Å². The van der Waals surface area contributed by atoms with Crippen molar-refractivity contribution in [1.82, 2.24) is 4.57 Å². The molecule has 1 saturated carbocycles. The molecule has 1 nitrogen and oxygen atoms in total. The fourth-order valence-corrected chi connectivity index (χ4v) is 3.35. The largest absolute Gasteiger partial charge is 0.347 e. The molecule has 0 bridgehead atoms. The number of hydrogen-bond donors (Lipinski definition) is 0. The summed E-state index contributed by atoms with van der Waals surface area (Å²) >= 11 is 6.09. The Labute approximate surface area is 130 Å². The molecular weight excluding hydrogens is 278 g/mol. The number of hydrogen-bond acceptors (Lipinski definition) is 0. The Morgan fingerprint density at radius 3 is 2.62 bits per heavy atom. The van der Waals surface area contributed by atoms with Crippen LogP contribution in [0.25, 0.3) is 22.0 Å². The first-order valence-electron chi connectivity index (χ1n) is 7.64. The molecule has 4 rings (SSSR count). The van der Waals surface area contributed by atoms with Gasteiger partial charge in [0.1, 0.15) is 0 Å². The van der Waals surface area contributed by atoms with Crippen LogP contribution in [0.4, 0.5) is 0 Å². The van der Waals surface area contributed by atoms with Crippen LogP contribution in [0.2, 0.25) is 5.02 Å². The van der Waals surface area contributed by atoms with Crippen LogP contribution in [-0.2, 0) is 6.54 Å². The van der Waals surface area contributed by atoms with Gasteiger partial charge in [0.05, 0.1) is 0 Å². The lowest BCUT2D eigenvalue weighted by molar-refractivity contribution is 0.280. The van der Waals surface area contributed by atoms with Gasteiger partial charge in [0.2, 0.25) is 0 Å². The topological polar surface area (TPSA) is 4.93 Å². The van der Waals surface area contributed by atoms with E-state index in [-0.39, 0.29) is 0 Å². The normalized spacial score (nSPS) is 15.3. The third-order valence-corrected chi connectivity index (χ3v) is 4.84. The summed E-state index contributed by atoms with van der Waals surface area (Å²) in [6.07, 6.45) is 6.41. The molecule has 0 saturated heterocycles. The van der Waals surface area contributed by atoms with Gasteiger partial charge < -0.3 is 4.57 Å². The molecule has 2 heteroatoms. The summed E-state index contributed by atoms with van der Waals surface area (Å²) in [6.45, 7) is 1.17. The van der Waals surface area contributed by atoms with Gasteiger partial charge in [-0.2, -0.15) is 0 Å². The van der Waals surface area contributed by atoms with E-state index in [1.807, 2.05) is 18.2 Å². The predicted molar refractivity (Wildman–Crippen MR) is 89.7 cm³/mol. The number of nitrogens with zero attached hydrogens (tertiary/aromatic N) is 1. The van der Waals surface area contributed by atoms with Crippen LogP contribution in [0.3, 0.4) is 0 Å². The summed E-state index contributed by atoms with van der Waals surface area (Å²) in [4.78, 5) is 0. The molecule has 1 aliphatic rings. The molecule has 3 aromatic rings. The van der Waals surface area contributed by atoms with E-state index in [4.69, 9.17) is 11.6 Å². The molecule has 1 aliphatic carbocycles. The predicted octanol–water partition coefficient (Wildman–Crippen LogP) is 5.76. The minimum atomic E-state index is 0.787. The zero-order valence-corrected chi connectivity index (χ0v) is 12.7. The molecule has 21 heavy (non-hydrogen) atoms. The summed E-state index contributed by atoms with van der Waals surface area (Å²) in [5.41, 5.74) is 3.75. The van der Waals surface area contributed by atoms with Crippen molar-refractivity contribution in [2.24, 2.45) is 5.92 Å². The summed E-state index contributed by atoms with van der Waals surface area (Å²) in [5, 5.41) is 2.10. The van der Waals surface area contributed by atoms with E-state index in [0.29, 0.717) is 0 Å². The van der Waals surface area contributed by atoms with Crippen LogP contribution in [0, 0.1) is 5.92 Å². The van der Waals surface area contributed by atoms with Crippen LogP contribution in [0.5, 0.6) is 0 Å². The minimum Gasteiger partial charge on any atom is -0.347 e. The van der Waals surface area contributed by atoms with Crippen molar-refractivity contribution in [2.75, 3.05) is 0 Å². The van der Waals surface area contributed by atoms with Crippen LogP contribution >= 0.6 is 11.6 Å². The highest BCUT2D eigenvalue weighted by atomic mass is 35.5. The van der Waals surface area contributed by atoms with E-state index in [0.717, 1.165) is 10.9 Å². The second-order valence-electron chi connectivity index (χ2n) is 6.05. The Morgan fingerprint density at radius 2 is 1.86 bits per heavy atom. The monoisotopic (exact) mass is 295 g/mol. The van der Waals surface area contributed by atoms with Crippen molar-refractivity contribution < 1.29 is 0 Å². The first-order chi connectivity index (χ1) is 10.3. The van der Waals surface area contributed by atoms with Crippen molar-refractivity contribution in [2.45, 2.75) is 25.8 Å². The average Bonchev–Trinajstić information content (AvgIpc) is 2.85. The molecule has 0 atom stereocenters. The third-order valence-electron chi connectivity index (χ3n) is 4.61. The van der Waals surface area contributed by atoms with Crippen LogP contribution in [0.1, 0.15) is 19.3 Å². The van der Waals surface area contributed by atoms with E-state index in [9.17, 15) is 0 Å². The minimum absolute atomic E-state index is 0.787. The van der Waals surface area contributed by atoms with Crippen molar-refractivity contribution in [3.05, 3.63) is 59.8 Å². The summed E-state index contributed by atoms with van der Waals surface area (Å²) < 4.78 is 2.40. The molecule has 1 aromatic heterocycles. The Hall–Kier alpha value is -1.73. The number of benzene rings is 2. The smallest absolute Gasteiger partial charge is 0.0480 e. The Bertz CT molecular complexity index is 783. The van der Waals surface area contributed by atoms with Gasteiger partial charge in [-0.25, -0.2) is 0 Å². The lowest BCUT2D eigenvalue weighted by Gasteiger charge is -2.26. The summed E-state index contributed by atoms with van der Waals surface area (Å²) in [7, 11) is 0. The summed E-state index contributed by atoms with van der Waals surface area (Å²) in [6, 6.07) is 17.0. The number of fused-ring (bicyclic) bond motifs is 1. The maximum atomic E-state index is 6.09. The van der Waals surface area contributed by atoms with Crippen LogP contribution in [-0.4, -0.2) is 4.57 Å². The van der Waals surface area contributed by atoms with E-state index >= 15 is 0 Å². The maximum Gasteiger partial charge on any atom is 0.0480 e. The second kappa shape index (κ2) is 5.23. The highest BCUT2D eigenvalue weighted by molar-refractivity contribution is 6.30. The molecular formula is C19H18ClN. The van der Waals surface area contributed by atoms with E-state index in [2.05, 4.69) is 41.1 Å². The van der Waals surface area contributed by atoms with Crippen molar-refractivity contribution in [3.63, 3.8) is 0 Å². The van der Waals surface area contributed by atoms with E-state index in [1.54, 1.807) is 0 Å². The molecule has 0 spiro atoms. The third kappa shape index (κ3) is 2.47. The highest BCUT2D eigenvalue weighted by Gasteiger charge is 2.18. The second-order valence-corrected chi connectivity index (χ2v) is 6.49. The van der Waals surface area contributed by atoms with Crippen LogP contribution in [0.15, 0.2) is 54.7 Å². The molecule has 0 radical (unpaired) electrons. The molecule has 106 valence electrons. The maximum absolute atomic E-state index is 6.09. The molecule has 0 amide bonds. The molecule has 2 aromatic carbocycles. The van der Waals surface area contributed by atoms with Gasteiger partial charge in [-0.1, -0.05) is 36.2 Å². The van der Waals surface area contributed by atoms with Crippen molar-refractivity contribution in [3.8, 4) is 11.1 Å². The molecule has 0 N–H and O–H groups in total. The standard InChI is InChI=1S/C19H18ClN/c20-18-6-2-5-15(12-18)16-7-8-19-17(11-16)9-10-21(19)13-14-3-1-4-14/h2,5-12,14H,1,3-4,13H2. The molecule has 1 heterocycles. The average molecular weight is 296 g/mol. The quantitative estimate of drug-likeness (QED) is 0.579. The highest BCUT2D eigenvalue weighted by Crippen LogP contribution is 2.31. The Balaban J connectivity index is 1.70. The Kier molecular flexibility index (Phi) is 3.23. The van der Waals surface area contributed by atoms with E-state index in [1.165, 1.54) is 47.8 Å². The van der Waals surface area contributed by atoms with Gasteiger partial charge in [-0.3, -0.25) is 0 Å². The zero-order chi connectivity index (χ0) is 14.2. The van der Waals surface area contributed by atoms with Gasteiger partial charge in [0.15, 0.2) is 0 Å². The lowest BCUT2D eigenvalue weighted by atomic mass is 9.85. The lowest BCUT2D eigenvalue weighted by Crippen LogP contribution is -2.17. The summed E-state index contributed by atoms with van der Waals surface area (Å²) in [5.74, 6) is 0.883. The van der Waals surface area contributed by atoms with Crippen molar-refractivity contribution in [1.29, 1.82) is 0 Å². The van der Waals surface area contributed by atoms with Gasteiger partial charge in [-0.15, -0.1) is 0 Å². The fraction of sp³-hybridized carbons (Fsp3) is 0.263. The van der Waals surface area contributed by atoms with Crippen molar-refractivity contribution >= 4 is 22.5 Å². The number of aromatic nitrogens is 1. The molecule has 0 aliphatic heterocycles. The fourth-order valence-electron chi connectivity index (χ4n) is 3.16.